The molecule has 3 aromatic rings. The van der Waals surface area contributed by atoms with Crippen molar-refractivity contribution in [1.82, 2.24) is 10.1 Å². The molecule has 0 aliphatic carbocycles. The van der Waals surface area contributed by atoms with Gasteiger partial charge >= 0.3 is 0 Å². The minimum atomic E-state index is -0.756. The molecular weight excluding hydrogens is 286 g/mol. The third kappa shape index (κ3) is 2.83. The highest BCUT2D eigenvalue weighted by Gasteiger charge is 2.28. The maximum Gasteiger partial charge on any atom is 0.268 e. The lowest BCUT2D eigenvalue weighted by Crippen LogP contribution is -2.39. The topological polar surface area (TPSA) is 74.2 Å². The monoisotopic (exact) mass is 303 g/mol. The van der Waals surface area contributed by atoms with Crippen LogP contribution in [0.4, 0.5) is 0 Å². The molecular formula is C15H17N3O2S. The predicted octanol–water partition coefficient (Wildman–Crippen LogP) is 3.16. The summed E-state index contributed by atoms with van der Waals surface area (Å²) in [5.41, 5.74) is 5.43. The molecule has 1 unspecified atom stereocenters. The number of rotatable bonds is 5. The van der Waals surface area contributed by atoms with Crippen molar-refractivity contribution in [3.63, 3.8) is 0 Å². The van der Waals surface area contributed by atoms with E-state index >= 15 is 0 Å². The summed E-state index contributed by atoms with van der Waals surface area (Å²) in [6.45, 7) is 4.72. The van der Waals surface area contributed by atoms with Gasteiger partial charge in [0, 0.05) is 11.3 Å². The van der Waals surface area contributed by atoms with E-state index in [-0.39, 0.29) is 0 Å². The standard InChI is InChI=1S/C15H17N3O2S/c1-3-19-9-15(2,16)14-17-13(20-18-14)12-8-10-6-4-5-7-11(10)21-12/h4-8H,3,9,16H2,1-2H3. The van der Waals surface area contributed by atoms with Crippen LogP contribution < -0.4 is 5.73 Å². The van der Waals surface area contributed by atoms with Crippen molar-refractivity contribution in [2.75, 3.05) is 13.2 Å². The third-order valence-electron chi connectivity index (χ3n) is 3.18. The van der Waals surface area contributed by atoms with Crippen LogP contribution in [0, 0.1) is 0 Å². The van der Waals surface area contributed by atoms with Gasteiger partial charge in [0.15, 0.2) is 5.82 Å². The fraction of sp³-hybridized carbons (Fsp3) is 0.333. The van der Waals surface area contributed by atoms with E-state index in [1.165, 1.54) is 10.1 Å². The summed E-state index contributed by atoms with van der Waals surface area (Å²) < 4.78 is 11.9. The van der Waals surface area contributed by atoms with Gasteiger partial charge in [-0.3, -0.25) is 0 Å². The number of benzene rings is 1. The molecule has 110 valence electrons. The number of hydrogen-bond donors (Lipinski definition) is 1. The second-order valence-corrected chi connectivity index (χ2v) is 6.21. The third-order valence-corrected chi connectivity index (χ3v) is 4.28. The molecule has 2 aromatic heterocycles. The number of thiophene rings is 1. The van der Waals surface area contributed by atoms with Crippen LogP contribution in [-0.2, 0) is 10.3 Å². The van der Waals surface area contributed by atoms with Gasteiger partial charge < -0.3 is 15.0 Å². The van der Waals surface area contributed by atoms with E-state index in [0.29, 0.717) is 24.9 Å². The number of ether oxygens (including phenoxy) is 1. The van der Waals surface area contributed by atoms with Crippen molar-refractivity contribution >= 4 is 21.4 Å². The van der Waals surface area contributed by atoms with Crippen LogP contribution in [0.2, 0.25) is 0 Å². The molecule has 3 rings (SSSR count). The fourth-order valence-corrected chi connectivity index (χ4v) is 3.01. The molecule has 0 radical (unpaired) electrons. The van der Waals surface area contributed by atoms with Gasteiger partial charge in [0.05, 0.1) is 11.5 Å². The highest BCUT2D eigenvalue weighted by atomic mass is 32.1. The normalized spacial score (nSPS) is 14.4. The Morgan fingerprint density at radius 2 is 2.19 bits per heavy atom. The number of nitrogens with zero attached hydrogens (tertiary/aromatic N) is 2. The Bertz CT molecular complexity index is 715. The zero-order valence-electron chi connectivity index (χ0n) is 12.0. The maximum atomic E-state index is 6.18. The summed E-state index contributed by atoms with van der Waals surface area (Å²) in [5.74, 6) is 0.961. The lowest BCUT2D eigenvalue weighted by Gasteiger charge is -2.19. The molecule has 0 saturated heterocycles. The van der Waals surface area contributed by atoms with Crippen molar-refractivity contribution in [3.8, 4) is 10.8 Å². The van der Waals surface area contributed by atoms with E-state index in [2.05, 4.69) is 22.3 Å². The summed E-state index contributed by atoms with van der Waals surface area (Å²) in [4.78, 5) is 5.37. The first-order valence-corrected chi connectivity index (χ1v) is 7.61. The number of fused-ring (bicyclic) bond motifs is 1. The molecule has 2 heterocycles. The van der Waals surface area contributed by atoms with Gasteiger partial charge in [-0.05, 0) is 31.4 Å². The molecule has 5 nitrogen and oxygen atoms in total. The van der Waals surface area contributed by atoms with E-state index in [1.54, 1.807) is 11.3 Å². The van der Waals surface area contributed by atoms with Crippen molar-refractivity contribution in [2.24, 2.45) is 5.73 Å². The molecule has 0 amide bonds. The van der Waals surface area contributed by atoms with Crippen molar-refractivity contribution < 1.29 is 9.26 Å². The van der Waals surface area contributed by atoms with Gasteiger partial charge in [-0.25, -0.2) is 0 Å². The van der Waals surface area contributed by atoms with E-state index in [9.17, 15) is 0 Å². The summed E-state index contributed by atoms with van der Waals surface area (Å²) in [7, 11) is 0. The first kappa shape index (κ1) is 14.2. The Kier molecular flexibility index (Phi) is 3.75. The van der Waals surface area contributed by atoms with Crippen LogP contribution in [0.5, 0.6) is 0 Å². The summed E-state index contributed by atoms with van der Waals surface area (Å²) in [6, 6.07) is 10.2. The molecule has 0 fully saturated rings. The molecule has 2 N–H and O–H groups in total. The van der Waals surface area contributed by atoms with Gasteiger partial charge in [-0.15, -0.1) is 11.3 Å². The SMILES string of the molecule is CCOCC(C)(N)c1noc(-c2cc3ccccc3s2)n1. The Labute approximate surface area is 126 Å². The Balaban J connectivity index is 1.90. The minimum Gasteiger partial charge on any atom is -0.379 e. The zero-order valence-corrected chi connectivity index (χ0v) is 12.8. The van der Waals surface area contributed by atoms with E-state index < -0.39 is 5.54 Å². The van der Waals surface area contributed by atoms with Crippen LogP contribution >= 0.6 is 11.3 Å². The summed E-state index contributed by atoms with van der Waals surface area (Å²) >= 11 is 1.62. The predicted molar refractivity (Wildman–Crippen MR) is 83.1 cm³/mol. The molecule has 0 bridgehead atoms. The highest BCUT2D eigenvalue weighted by molar-refractivity contribution is 7.22. The Morgan fingerprint density at radius 3 is 2.95 bits per heavy atom. The molecule has 0 saturated carbocycles. The second kappa shape index (κ2) is 5.55. The molecule has 1 atom stereocenters. The van der Waals surface area contributed by atoms with Crippen LogP contribution in [0.3, 0.4) is 0 Å². The molecule has 0 aliphatic rings. The van der Waals surface area contributed by atoms with E-state index in [0.717, 1.165) is 4.88 Å². The molecule has 1 aromatic carbocycles. The average Bonchev–Trinajstić information content (AvgIpc) is 3.11. The summed E-state index contributed by atoms with van der Waals surface area (Å²) in [6.07, 6.45) is 0. The maximum absolute atomic E-state index is 6.18. The largest absolute Gasteiger partial charge is 0.379 e. The average molecular weight is 303 g/mol. The van der Waals surface area contributed by atoms with Crippen LogP contribution in [0.1, 0.15) is 19.7 Å². The van der Waals surface area contributed by atoms with Gasteiger partial charge in [0.2, 0.25) is 0 Å². The van der Waals surface area contributed by atoms with Crippen molar-refractivity contribution in [2.45, 2.75) is 19.4 Å². The molecule has 6 heteroatoms. The van der Waals surface area contributed by atoms with Crippen molar-refractivity contribution in [1.29, 1.82) is 0 Å². The Morgan fingerprint density at radius 1 is 1.38 bits per heavy atom. The van der Waals surface area contributed by atoms with Gasteiger partial charge in [0.1, 0.15) is 5.54 Å². The lowest BCUT2D eigenvalue weighted by atomic mass is 10.1. The lowest BCUT2D eigenvalue weighted by molar-refractivity contribution is 0.0962. The fourth-order valence-electron chi connectivity index (χ4n) is 2.02. The van der Waals surface area contributed by atoms with Gasteiger partial charge in [0.25, 0.3) is 5.89 Å². The van der Waals surface area contributed by atoms with Crippen molar-refractivity contribution in [3.05, 3.63) is 36.2 Å². The van der Waals surface area contributed by atoms with E-state index in [1.807, 2.05) is 32.0 Å². The first-order chi connectivity index (χ1) is 10.1. The quantitative estimate of drug-likeness (QED) is 0.783. The first-order valence-electron chi connectivity index (χ1n) is 6.80. The molecule has 0 spiro atoms. The Hall–Kier alpha value is -1.76. The number of nitrogens with two attached hydrogens (primary N) is 1. The number of aromatic nitrogens is 2. The van der Waals surface area contributed by atoms with Crippen LogP contribution in [0.15, 0.2) is 34.9 Å². The molecule has 21 heavy (non-hydrogen) atoms. The highest BCUT2D eigenvalue weighted by Crippen LogP contribution is 2.33. The van der Waals surface area contributed by atoms with E-state index in [4.69, 9.17) is 15.0 Å². The number of hydrogen-bond acceptors (Lipinski definition) is 6. The van der Waals surface area contributed by atoms with Crippen LogP contribution in [-0.4, -0.2) is 23.4 Å². The molecule has 0 aliphatic heterocycles. The zero-order chi connectivity index (χ0) is 14.9. The second-order valence-electron chi connectivity index (χ2n) is 5.13. The van der Waals surface area contributed by atoms with Gasteiger partial charge in [-0.2, -0.15) is 4.98 Å². The summed E-state index contributed by atoms with van der Waals surface area (Å²) in [5, 5.41) is 5.17. The smallest absolute Gasteiger partial charge is 0.268 e. The minimum absolute atomic E-state index is 0.356. The van der Waals surface area contributed by atoms with Gasteiger partial charge in [-0.1, -0.05) is 23.4 Å². The van der Waals surface area contributed by atoms with Crippen LogP contribution in [0.25, 0.3) is 20.9 Å².